The number of hydrogen-bond acceptors (Lipinski definition) is 8. The van der Waals surface area contributed by atoms with Gasteiger partial charge in [0.25, 0.3) is 11.2 Å². The number of hydrogen-bond donors (Lipinski definition) is 0. The fraction of sp³-hybridized carbons (Fsp3) is 0.0357. The van der Waals surface area contributed by atoms with Gasteiger partial charge < -0.3 is 4.74 Å². The molecule has 198 valence electrons. The van der Waals surface area contributed by atoms with E-state index < -0.39 is 15.4 Å². The maximum Gasteiger partial charge on any atom is 0.312 e. The van der Waals surface area contributed by atoms with E-state index in [9.17, 15) is 25.0 Å². The lowest BCUT2D eigenvalue weighted by Crippen LogP contribution is -2.20. The summed E-state index contributed by atoms with van der Waals surface area (Å²) in [6, 6.07) is 24.5. The molecule has 0 saturated carbocycles. The number of nitro groups is 2. The minimum atomic E-state index is -0.607. The van der Waals surface area contributed by atoms with E-state index in [-0.39, 0.29) is 35.1 Å². The number of aromatic nitrogens is 2. The summed E-state index contributed by atoms with van der Waals surface area (Å²) in [6.45, 7) is -0.183. The van der Waals surface area contributed by atoms with Crippen LogP contribution in [0.4, 0.5) is 11.4 Å². The summed E-state index contributed by atoms with van der Waals surface area (Å²) in [5.74, 6) is 0.163. The standard InChI is InChI=1S/C28H18BrN5O6/c29-21-14-20(26(25(15-21)34(38)39)40-17-18-7-6-10-22(13-18)33(36)37)16-30-32-27(19-8-2-1-3-9-19)31-24-12-5-4-11-23(24)28(32)35/h1-16H,17H2. The molecule has 0 N–H and O–H groups in total. The van der Waals surface area contributed by atoms with E-state index in [0.29, 0.717) is 26.5 Å². The van der Waals surface area contributed by atoms with Gasteiger partial charge in [0.1, 0.15) is 6.61 Å². The number of fused-ring (bicyclic) bond motifs is 1. The predicted molar refractivity (Wildman–Crippen MR) is 153 cm³/mol. The van der Waals surface area contributed by atoms with Gasteiger partial charge in [0.2, 0.25) is 5.75 Å². The molecule has 0 amide bonds. The number of para-hydroxylation sites is 1. The molecular weight excluding hydrogens is 582 g/mol. The maximum atomic E-state index is 13.5. The van der Waals surface area contributed by atoms with Crippen molar-refractivity contribution in [1.82, 2.24) is 9.66 Å². The molecule has 0 atom stereocenters. The van der Waals surface area contributed by atoms with E-state index in [1.165, 1.54) is 30.5 Å². The number of halogens is 1. The van der Waals surface area contributed by atoms with Crippen LogP contribution in [0.1, 0.15) is 11.1 Å². The third-order valence-electron chi connectivity index (χ3n) is 5.86. The SMILES string of the molecule is O=c1c2ccccc2nc(-c2ccccc2)n1N=Cc1cc(Br)cc([N+](=O)[O-])c1OCc1cccc([N+](=O)[O-])c1. The van der Waals surface area contributed by atoms with Crippen LogP contribution in [-0.4, -0.2) is 25.7 Å². The number of non-ortho nitro benzene ring substituents is 1. The minimum absolute atomic E-state index is 0.119. The summed E-state index contributed by atoms with van der Waals surface area (Å²) < 4.78 is 7.35. The van der Waals surface area contributed by atoms with Gasteiger partial charge in [-0.3, -0.25) is 25.0 Å². The van der Waals surface area contributed by atoms with Crippen LogP contribution < -0.4 is 10.3 Å². The van der Waals surface area contributed by atoms with E-state index >= 15 is 0 Å². The Morgan fingerprint density at radius 3 is 2.42 bits per heavy atom. The Labute approximate surface area is 234 Å². The van der Waals surface area contributed by atoms with E-state index in [0.717, 1.165) is 4.68 Å². The van der Waals surface area contributed by atoms with Crippen molar-refractivity contribution in [1.29, 1.82) is 0 Å². The van der Waals surface area contributed by atoms with Crippen LogP contribution in [0.3, 0.4) is 0 Å². The molecule has 1 heterocycles. The molecule has 0 fully saturated rings. The zero-order chi connectivity index (χ0) is 28.2. The Bertz CT molecular complexity index is 1860. The Balaban J connectivity index is 1.62. The minimum Gasteiger partial charge on any atom is -0.481 e. The van der Waals surface area contributed by atoms with Crippen LogP contribution >= 0.6 is 15.9 Å². The molecular formula is C28H18BrN5O6. The van der Waals surface area contributed by atoms with E-state index in [1.807, 2.05) is 18.2 Å². The predicted octanol–water partition coefficient (Wildman–Crippen LogP) is 6.10. The lowest BCUT2D eigenvalue weighted by Gasteiger charge is -2.12. The van der Waals surface area contributed by atoms with Gasteiger partial charge >= 0.3 is 5.69 Å². The Morgan fingerprint density at radius 1 is 0.925 bits per heavy atom. The zero-order valence-electron chi connectivity index (χ0n) is 20.5. The molecule has 12 heteroatoms. The molecule has 0 spiro atoms. The molecule has 0 aliphatic carbocycles. The molecule has 4 aromatic carbocycles. The monoisotopic (exact) mass is 599 g/mol. The Kier molecular flexibility index (Phi) is 7.42. The normalized spacial score (nSPS) is 11.1. The van der Waals surface area contributed by atoms with Gasteiger partial charge in [-0.25, -0.2) is 4.98 Å². The van der Waals surface area contributed by atoms with Crippen LogP contribution in [0, 0.1) is 20.2 Å². The fourth-order valence-electron chi connectivity index (χ4n) is 4.03. The van der Waals surface area contributed by atoms with Gasteiger partial charge in [0.05, 0.1) is 27.0 Å². The lowest BCUT2D eigenvalue weighted by atomic mass is 10.1. The summed E-state index contributed by atoms with van der Waals surface area (Å²) in [5.41, 5.74) is 0.866. The van der Waals surface area contributed by atoms with Gasteiger partial charge in [-0.2, -0.15) is 9.78 Å². The molecule has 1 aromatic heterocycles. The van der Waals surface area contributed by atoms with Gasteiger partial charge in [0, 0.05) is 33.8 Å². The third-order valence-corrected chi connectivity index (χ3v) is 6.32. The molecule has 0 saturated heterocycles. The highest BCUT2D eigenvalue weighted by atomic mass is 79.9. The van der Waals surface area contributed by atoms with Gasteiger partial charge in [-0.15, -0.1) is 0 Å². The molecule has 5 aromatic rings. The van der Waals surface area contributed by atoms with Gasteiger partial charge in [-0.1, -0.05) is 70.5 Å². The first kappa shape index (κ1) is 26.4. The quantitative estimate of drug-likeness (QED) is 0.119. The number of nitro benzene ring substituents is 2. The first-order chi connectivity index (χ1) is 19.3. The molecule has 0 aliphatic heterocycles. The van der Waals surface area contributed by atoms with Gasteiger partial charge in [-0.05, 0) is 23.8 Å². The molecule has 0 bridgehead atoms. The van der Waals surface area contributed by atoms with Crippen molar-refractivity contribution in [2.45, 2.75) is 6.61 Å². The first-order valence-electron chi connectivity index (χ1n) is 11.8. The van der Waals surface area contributed by atoms with Gasteiger partial charge in [0.15, 0.2) is 5.82 Å². The second-order valence-corrected chi connectivity index (χ2v) is 9.41. The second-order valence-electron chi connectivity index (χ2n) is 8.50. The molecule has 0 radical (unpaired) electrons. The van der Waals surface area contributed by atoms with Crippen molar-refractivity contribution in [3.8, 4) is 17.1 Å². The van der Waals surface area contributed by atoms with Crippen LogP contribution in [0.25, 0.3) is 22.3 Å². The van der Waals surface area contributed by atoms with E-state index in [1.54, 1.807) is 48.5 Å². The topological polar surface area (TPSA) is 143 Å². The van der Waals surface area contributed by atoms with Crippen molar-refractivity contribution in [2.24, 2.45) is 5.10 Å². The van der Waals surface area contributed by atoms with E-state index in [2.05, 4.69) is 26.0 Å². The van der Waals surface area contributed by atoms with Crippen LogP contribution in [0.2, 0.25) is 0 Å². The molecule has 0 aliphatic rings. The summed E-state index contributed by atoms with van der Waals surface area (Å²) in [5, 5.41) is 27.8. The average molecular weight is 600 g/mol. The second kappa shape index (κ2) is 11.3. The molecule has 40 heavy (non-hydrogen) atoms. The molecule has 5 rings (SSSR count). The van der Waals surface area contributed by atoms with Crippen molar-refractivity contribution in [3.63, 3.8) is 0 Å². The van der Waals surface area contributed by atoms with Crippen molar-refractivity contribution >= 4 is 44.4 Å². The van der Waals surface area contributed by atoms with Crippen molar-refractivity contribution < 1.29 is 14.6 Å². The zero-order valence-corrected chi connectivity index (χ0v) is 22.1. The van der Waals surface area contributed by atoms with Crippen molar-refractivity contribution in [3.05, 3.63) is 137 Å². The van der Waals surface area contributed by atoms with Crippen LogP contribution in [0.15, 0.2) is 105 Å². The fourth-order valence-corrected chi connectivity index (χ4v) is 4.49. The lowest BCUT2D eigenvalue weighted by molar-refractivity contribution is -0.386. The number of nitrogens with zero attached hydrogens (tertiary/aromatic N) is 5. The number of benzene rings is 4. The van der Waals surface area contributed by atoms with Crippen LogP contribution in [0.5, 0.6) is 5.75 Å². The van der Waals surface area contributed by atoms with Crippen LogP contribution in [-0.2, 0) is 6.61 Å². The Morgan fingerprint density at radius 2 is 1.68 bits per heavy atom. The number of rotatable bonds is 8. The highest BCUT2D eigenvalue weighted by Gasteiger charge is 2.21. The first-order valence-corrected chi connectivity index (χ1v) is 12.6. The summed E-state index contributed by atoms with van der Waals surface area (Å²) in [7, 11) is 0. The highest BCUT2D eigenvalue weighted by molar-refractivity contribution is 9.10. The summed E-state index contributed by atoms with van der Waals surface area (Å²) in [6.07, 6.45) is 1.28. The average Bonchev–Trinajstić information content (AvgIpc) is 2.96. The number of ether oxygens (including phenoxy) is 1. The third kappa shape index (κ3) is 5.47. The largest absolute Gasteiger partial charge is 0.481 e. The van der Waals surface area contributed by atoms with E-state index in [4.69, 9.17) is 4.74 Å². The summed E-state index contributed by atoms with van der Waals surface area (Å²) in [4.78, 5) is 40.0. The smallest absolute Gasteiger partial charge is 0.312 e. The summed E-state index contributed by atoms with van der Waals surface area (Å²) >= 11 is 3.28. The molecule has 11 nitrogen and oxygen atoms in total. The highest BCUT2D eigenvalue weighted by Crippen LogP contribution is 2.35. The maximum absolute atomic E-state index is 13.5. The Hall–Kier alpha value is -5.23. The molecule has 0 unspecified atom stereocenters. The van der Waals surface area contributed by atoms with Crippen molar-refractivity contribution in [2.75, 3.05) is 0 Å².